The second-order valence-electron chi connectivity index (χ2n) is 4.83. The maximum atomic E-state index is 11.1. The van der Waals surface area contributed by atoms with Crippen molar-refractivity contribution in [3.63, 3.8) is 0 Å². The van der Waals surface area contributed by atoms with Crippen molar-refractivity contribution >= 4 is 16.8 Å². The number of hydrogen-bond acceptors (Lipinski definition) is 5. The van der Waals surface area contributed by atoms with Gasteiger partial charge in [-0.3, -0.25) is 4.98 Å². The van der Waals surface area contributed by atoms with Crippen LogP contribution in [0.25, 0.3) is 11.1 Å². The van der Waals surface area contributed by atoms with Crippen LogP contribution in [0, 0.1) is 0 Å². The van der Waals surface area contributed by atoms with E-state index in [1.165, 1.54) is 12.1 Å². The van der Waals surface area contributed by atoms with E-state index < -0.39 is 5.76 Å². The molecule has 3 rings (SSSR count). The van der Waals surface area contributed by atoms with Crippen LogP contribution in [0.4, 0.5) is 5.69 Å². The molecule has 0 radical (unpaired) electrons. The lowest BCUT2D eigenvalue weighted by molar-refractivity contribution is 0.444. The number of aromatic amines is 1. The fraction of sp³-hybridized carbons (Fsp3) is 0.133. The predicted molar refractivity (Wildman–Crippen MR) is 78.6 cm³/mol. The average Bonchev–Trinajstić information content (AvgIpc) is 2.77. The summed E-state index contributed by atoms with van der Waals surface area (Å²) in [4.78, 5) is 13.7. The molecule has 0 saturated heterocycles. The van der Waals surface area contributed by atoms with E-state index >= 15 is 0 Å². The highest BCUT2D eigenvalue weighted by molar-refractivity contribution is 5.77. The van der Waals surface area contributed by atoms with Crippen LogP contribution in [0.3, 0.4) is 0 Å². The first-order chi connectivity index (χ1) is 10.0. The van der Waals surface area contributed by atoms with Crippen LogP contribution >= 0.6 is 0 Å². The second kappa shape index (κ2) is 4.90. The Morgan fingerprint density at radius 3 is 2.76 bits per heavy atom. The number of nitrogens with one attached hydrogen (secondary N) is 2. The minimum Gasteiger partial charge on any atom is -0.508 e. The molecule has 0 bridgehead atoms. The number of phenols is 2. The van der Waals surface area contributed by atoms with Gasteiger partial charge in [0, 0.05) is 17.3 Å². The van der Waals surface area contributed by atoms with Gasteiger partial charge in [-0.15, -0.1) is 0 Å². The van der Waals surface area contributed by atoms with Crippen LogP contribution in [-0.4, -0.2) is 15.2 Å². The van der Waals surface area contributed by atoms with E-state index in [1.807, 2.05) is 6.92 Å². The zero-order valence-corrected chi connectivity index (χ0v) is 11.3. The van der Waals surface area contributed by atoms with Crippen molar-refractivity contribution in [3.8, 4) is 11.5 Å². The van der Waals surface area contributed by atoms with Crippen LogP contribution in [-0.2, 0) is 0 Å². The molecule has 1 atom stereocenters. The summed E-state index contributed by atoms with van der Waals surface area (Å²) in [6.45, 7) is 1.88. The summed E-state index contributed by atoms with van der Waals surface area (Å²) in [5.41, 5.74) is 2.53. The fourth-order valence-corrected chi connectivity index (χ4v) is 2.27. The first-order valence-corrected chi connectivity index (χ1v) is 6.44. The molecule has 0 amide bonds. The van der Waals surface area contributed by atoms with E-state index in [2.05, 4.69) is 10.3 Å². The van der Waals surface area contributed by atoms with Crippen molar-refractivity contribution in [1.29, 1.82) is 0 Å². The molecule has 6 nitrogen and oxygen atoms in total. The number of aromatic hydroxyl groups is 2. The highest BCUT2D eigenvalue weighted by atomic mass is 16.4. The van der Waals surface area contributed by atoms with Crippen molar-refractivity contribution in [2.45, 2.75) is 13.0 Å². The van der Waals surface area contributed by atoms with Gasteiger partial charge in [0.1, 0.15) is 11.5 Å². The molecule has 2 aromatic carbocycles. The van der Waals surface area contributed by atoms with Gasteiger partial charge in [-0.1, -0.05) is 0 Å². The van der Waals surface area contributed by atoms with E-state index in [4.69, 9.17) is 4.42 Å². The topological polar surface area (TPSA) is 98.5 Å². The minimum atomic E-state index is -0.494. The first-order valence-electron chi connectivity index (χ1n) is 6.44. The van der Waals surface area contributed by atoms with E-state index in [-0.39, 0.29) is 17.5 Å². The molecule has 21 heavy (non-hydrogen) atoms. The zero-order valence-electron chi connectivity index (χ0n) is 11.3. The average molecular weight is 286 g/mol. The fourth-order valence-electron chi connectivity index (χ4n) is 2.27. The molecule has 3 aromatic rings. The standard InChI is InChI=1S/C15H14N2O4/c1-8(11-4-3-10(18)7-13(11)19)16-9-2-5-14-12(6-9)17-15(20)21-14/h2-8,16,18-19H,1H3,(H,17,20). The molecule has 0 aliphatic carbocycles. The maximum absolute atomic E-state index is 11.1. The van der Waals surface area contributed by atoms with Crippen LogP contribution in [0.1, 0.15) is 18.5 Å². The Kier molecular flexibility index (Phi) is 3.06. The second-order valence-corrected chi connectivity index (χ2v) is 4.83. The largest absolute Gasteiger partial charge is 0.508 e. The van der Waals surface area contributed by atoms with Crippen LogP contribution in [0.15, 0.2) is 45.6 Å². The van der Waals surface area contributed by atoms with Crippen molar-refractivity contribution in [2.75, 3.05) is 5.32 Å². The molecule has 0 fully saturated rings. The van der Waals surface area contributed by atoms with Gasteiger partial charge in [-0.2, -0.15) is 0 Å². The van der Waals surface area contributed by atoms with Gasteiger partial charge in [0.25, 0.3) is 0 Å². The van der Waals surface area contributed by atoms with E-state index in [0.717, 1.165) is 5.69 Å². The van der Waals surface area contributed by atoms with Crippen molar-refractivity contribution in [2.24, 2.45) is 0 Å². The molecule has 1 heterocycles. The lowest BCUT2D eigenvalue weighted by atomic mass is 10.1. The van der Waals surface area contributed by atoms with Gasteiger partial charge >= 0.3 is 5.76 Å². The molecule has 0 spiro atoms. The van der Waals surface area contributed by atoms with Gasteiger partial charge in [0.2, 0.25) is 0 Å². The Bertz CT molecular complexity index is 850. The molecular formula is C15H14N2O4. The SMILES string of the molecule is CC(Nc1ccc2oc(=O)[nH]c2c1)c1ccc(O)cc1O. The van der Waals surface area contributed by atoms with E-state index in [9.17, 15) is 15.0 Å². The van der Waals surface area contributed by atoms with Gasteiger partial charge in [-0.25, -0.2) is 4.79 Å². The van der Waals surface area contributed by atoms with Gasteiger partial charge in [0.05, 0.1) is 11.6 Å². The molecular weight excluding hydrogens is 272 g/mol. The Morgan fingerprint density at radius 2 is 2.00 bits per heavy atom. The summed E-state index contributed by atoms with van der Waals surface area (Å²) in [7, 11) is 0. The molecule has 4 N–H and O–H groups in total. The smallest absolute Gasteiger partial charge is 0.417 e. The summed E-state index contributed by atoms with van der Waals surface area (Å²) < 4.78 is 4.94. The molecule has 0 aliphatic heterocycles. The number of H-pyrrole nitrogens is 1. The summed E-state index contributed by atoms with van der Waals surface area (Å²) in [5, 5.41) is 22.4. The number of aromatic nitrogens is 1. The highest BCUT2D eigenvalue weighted by Gasteiger charge is 2.11. The first kappa shape index (κ1) is 13.1. The molecule has 0 aliphatic rings. The summed E-state index contributed by atoms with van der Waals surface area (Å²) in [5.74, 6) is -0.458. The van der Waals surface area contributed by atoms with Crippen molar-refractivity contribution in [3.05, 3.63) is 52.5 Å². The normalized spacial score (nSPS) is 12.4. The Balaban J connectivity index is 1.88. The number of anilines is 1. The monoisotopic (exact) mass is 286 g/mol. The summed E-state index contributed by atoms with van der Waals surface area (Å²) >= 11 is 0. The maximum Gasteiger partial charge on any atom is 0.417 e. The van der Waals surface area contributed by atoms with Crippen molar-refractivity contribution in [1.82, 2.24) is 4.98 Å². The molecule has 6 heteroatoms. The number of benzene rings is 2. The van der Waals surface area contributed by atoms with Crippen LogP contribution in [0.5, 0.6) is 11.5 Å². The summed E-state index contributed by atoms with van der Waals surface area (Å²) in [6, 6.07) is 9.52. The Hall–Kier alpha value is -2.89. The third-order valence-electron chi connectivity index (χ3n) is 3.28. The van der Waals surface area contributed by atoms with Gasteiger partial charge in [-0.05, 0) is 37.3 Å². The third kappa shape index (κ3) is 2.55. The number of fused-ring (bicyclic) bond motifs is 1. The van der Waals surface area contributed by atoms with E-state index in [0.29, 0.717) is 16.7 Å². The number of hydrogen-bond donors (Lipinski definition) is 4. The molecule has 1 aromatic heterocycles. The highest BCUT2D eigenvalue weighted by Crippen LogP contribution is 2.30. The van der Waals surface area contributed by atoms with E-state index in [1.54, 1.807) is 24.3 Å². The molecule has 1 unspecified atom stereocenters. The van der Waals surface area contributed by atoms with Gasteiger partial charge in [0.15, 0.2) is 5.58 Å². The quantitative estimate of drug-likeness (QED) is 0.593. The third-order valence-corrected chi connectivity index (χ3v) is 3.28. The lowest BCUT2D eigenvalue weighted by Gasteiger charge is -2.17. The van der Waals surface area contributed by atoms with Crippen LogP contribution < -0.4 is 11.1 Å². The van der Waals surface area contributed by atoms with Gasteiger partial charge < -0.3 is 19.9 Å². The lowest BCUT2D eigenvalue weighted by Crippen LogP contribution is -2.06. The molecule has 0 saturated carbocycles. The zero-order chi connectivity index (χ0) is 15.0. The van der Waals surface area contributed by atoms with Crippen LogP contribution in [0.2, 0.25) is 0 Å². The van der Waals surface area contributed by atoms with Crippen molar-refractivity contribution < 1.29 is 14.6 Å². The molecule has 108 valence electrons. The number of phenolic OH excluding ortho intramolecular Hbond substituents is 2. The summed E-state index contributed by atoms with van der Waals surface area (Å²) in [6.07, 6.45) is 0. The predicted octanol–water partition coefficient (Wildman–Crippen LogP) is 2.71. The number of rotatable bonds is 3. The Morgan fingerprint density at radius 1 is 1.19 bits per heavy atom. The minimum absolute atomic E-state index is 0.0147. The number of oxazole rings is 1. The Labute approximate surface area is 119 Å².